The molecule has 0 aliphatic rings. The first-order valence-corrected chi connectivity index (χ1v) is 6.93. The van der Waals surface area contributed by atoms with Crippen molar-refractivity contribution in [2.45, 2.75) is 13.3 Å². The molecule has 0 saturated heterocycles. The van der Waals surface area contributed by atoms with Crippen LogP contribution in [0.1, 0.15) is 16.7 Å². The van der Waals surface area contributed by atoms with Gasteiger partial charge in [-0.25, -0.2) is 0 Å². The van der Waals surface area contributed by atoms with Crippen LogP contribution >= 0.6 is 11.3 Å². The molecule has 0 spiro atoms. The summed E-state index contributed by atoms with van der Waals surface area (Å²) in [7, 11) is 1.58. The highest BCUT2D eigenvalue weighted by molar-refractivity contribution is 7.14. The average Bonchev–Trinajstić information content (AvgIpc) is 2.86. The van der Waals surface area contributed by atoms with Gasteiger partial charge in [-0.05, 0) is 24.4 Å². The van der Waals surface area contributed by atoms with E-state index in [-0.39, 0.29) is 12.3 Å². The topological polar surface area (TPSA) is 62.1 Å². The molecule has 5 heteroatoms. The molecule has 2 rings (SSSR count). The molecule has 20 heavy (non-hydrogen) atoms. The van der Waals surface area contributed by atoms with Crippen LogP contribution in [0, 0.1) is 18.3 Å². The number of anilines is 1. The van der Waals surface area contributed by atoms with Crippen LogP contribution in [-0.4, -0.2) is 13.0 Å². The zero-order chi connectivity index (χ0) is 14.5. The fraction of sp³-hybridized carbons (Fsp3) is 0.200. The lowest BCUT2D eigenvalue weighted by Gasteiger charge is -2.09. The Balaban J connectivity index is 2.13. The number of nitriles is 1. The van der Waals surface area contributed by atoms with Gasteiger partial charge in [0.2, 0.25) is 5.91 Å². The summed E-state index contributed by atoms with van der Waals surface area (Å²) in [6.07, 6.45) is 0.216. The van der Waals surface area contributed by atoms with Crippen molar-refractivity contribution < 1.29 is 9.53 Å². The Kier molecular flexibility index (Phi) is 4.38. The summed E-state index contributed by atoms with van der Waals surface area (Å²) >= 11 is 1.34. The number of nitrogens with one attached hydrogen (secondary N) is 1. The minimum Gasteiger partial charge on any atom is -0.496 e. The zero-order valence-electron chi connectivity index (χ0n) is 11.3. The van der Waals surface area contributed by atoms with Crippen LogP contribution in [0.15, 0.2) is 29.6 Å². The number of ether oxygens (including phenoxy) is 1. The quantitative estimate of drug-likeness (QED) is 0.939. The number of aryl methyl sites for hydroxylation is 1. The van der Waals surface area contributed by atoms with E-state index in [2.05, 4.69) is 5.32 Å². The summed E-state index contributed by atoms with van der Waals surface area (Å²) in [6.45, 7) is 1.97. The molecular weight excluding hydrogens is 272 g/mol. The largest absolute Gasteiger partial charge is 0.496 e. The van der Waals surface area contributed by atoms with Crippen LogP contribution < -0.4 is 10.1 Å². The number of benzene rings is 1. The molecule has 0 saturated carbocycles. The molecule has 0 atom stereocenters. The normalized spacial score (nSPS) is 9.85. The van der Waals surface area contributed by atoms with Gasteiger partial charge in [0.15, 0.2) is 0 Å². The minimum absolute atomic E-state index is 0.159. The van der Waals surface area contributed by atoms with Gasteiger partial charge in [0.1, 0.15) is 16.8 Å². The van der Waals surface area contributed by atoms with Gasteiger partial charge in [0, 0.05) is 5.56 Å². The van der Waals surface area contributed by atoms with Crippen molar-refractivity contribution in [3.05, 3.63) is 46.3 Å². The van der Waals surface area contributed by atoms with Crippen molar-refractivity contribution in [2.24, 2.45) is 0 Å². The second kappa shape index (κ2) is 6.22. The number of carbonyl (C=O) groups excluding carboxylic acids is 1. The Morgan fingerprint density at radius 1 is 1.45 bits per heavy atom. The van der Waals surface area contributed by atoms with Gasteiger partial charge in [-0.15, -0.1) is 11.3 Å². The fourth-order valence-corrected chi connectivity index (χ4v) is 2.64. The van der Waals surface area contributed by atoms with Crippen LogP contribution in [0.4, 0.5) is 5.00 Å². The molecule has 102 valence electrons. The molecule has 0 radical (unpaired) electrons. The van der Waals surface area contributed by atoms with Crippen molar-refractivity contribution >= 4 is 22.2 Å². The number of nitrogens with zero attached hydrogens (tertiary/aromatic N) is 1. The van der Waals surface area contributed by atoms with E-state index >= 15 is 0 Å². The van der Waals surface area contributed by atoms with Gasteiger partial charge in [0.05, 0.1) is 19.1 Å². The molecule has 1 amide bonds. The average molecular weight is 286 g/mol. The van der Waals surface area contributed by atoms with E-state index in [0.29, 0.717) is 16.3 Å². The summed E-state index contributed by atoms with van der Waals surface area (Å²) in [5.41, 5.74) is 2.39. The second-order valence-electron chi connectivity index (χ2n) is 4.32. The summed E-state index contributed by atoms with van der Waals surface area (Å²) in [4.78, 5) is 12.1. The summed E-state index contributed by atoms with van der Waals surface area (Å²) in [5.74, 6) is 0.533. The fourth-order valence-electron chi connectivity index (χ4n) is 1.88. The number of carbonyl (C=O) groups is 1. The maximum absolute atomic E-state index is 12.1. The van der Waals surface area contributed by atoms with Crippen LogP contribution in [0.5, 0.6) is 5.75 Å². The number of hydrogen-bond donors (Lipinski definition) is 1. The Hall–Kier alpha value is -2.32. The van der Waals surface area contributed by atoms with Crippen molar-refractivity contribution in [3.63, 3.8) is 0 Å². The third-order valence-corrected chi connectivity index (χ3v) is 3.66. The molecule has 0 unspecified atom stereocenters. The van der Waals surface area contributed by atoms with Crippen molar-refractivity contribution in [1.29, 1.82) is 5.26 Å². The van der Waals surface area contributed by atoms with Gasteiger partial charge in [-0.3, -0.25) is 4.79 Å². The molecule has 0 fully saturated rings. The highest BCUT2D eigenvalue weighted by Crippen LogP contribution is 2.24. The predicted octanol–water partition coefficient (Wildman–Crippen LogP) is 3.12. The monoisotopic (exact) mass is 286 g/mol. The molecule has 0 aliphatic heterocycles. The molecule has 1 aromatic carbocycles. The van der Waals surface area contributed by atoms with Gasteiger partial charge in [-0.1, -0.05) is 17.7 Å². The lowest BCUT2D eigenvalue weighted by Crippen LogP contribution is -2.14. The first kappa shape index (κ1) is 14.1. The summed E-state index contributed by atoms with van der Waals surface area (Å²) in [6, 6.07) is 9.45. The van der Waals surface area contributed by atoms with Crippen LogP contribution in [-0.2, 0) is 11.2 Å². The smallest absolute Gasteiger partial charge is 0.229 e. The second-order valence-corrected chi connectivity index (χ2v) is 5.23. The van der Waals surface area contributed by atoms with Gasteiger partial charge < -0.3 is 10.1 Å². The van der Waals surface area contributed by atoms with E-state index in [1.165, 1.54) is 11.3 Å². The van der Waals surface area contributed by atoms with E-state index in [4.69, 9.17) is 10.00 Å². The Morgan fingerprint density at radius 2 is 2.25 bits per heavy atom. The van der Waals surface area contributed by atoms with Crippen molar-refractivity contribution in [2.75, 3.05) is 12.4 Å². The maximum Gasteiger partial charge on any atom is 0.229 e. The summed E-state index contributed by atoms with van der Waals surface area (Å²) in [5, 5.41) is 14.0. The molecule has 1 aromatic heterocycles. The molecule has 1 heterocycles. The molecule has 2 aromatic rings. The van der Waals surface area contributed by atoms with Crippen molar-refractivity contribution in [3.8, 4) is 11.8 Å². The van der Waals surface area contributed by atoms with E-state index < -0.39 is 0 Å². The lowest BCUT2D eigenvalue weighted by atomic mass is 10.1. The first-order valence-electron chi connectivity index (χ1n) is 6.05. The van der Waals surface area contributed by atoms with Crippen LogP contribution in [0.25, 0.3) is 0 Å². The zero-order valence-corrected chi connectivity index (χ0v) is 12.1. The molecule has 0 aliphatic carbocycles. The first-order chi connectivity index (χ1) is 9.63. The Bertz CT molecular complexity index is 671. The summed E-state index contributed by atoms with van der Waals surface area (Å²) < 4.78 is 5.25. The van der Waals surface area contributed by atoms with E-state index in [1.807, 2.05) is 31.2 Å². The van der Waals surface area contributed by atoms with E-state index in [9.17, 15) is 4.79 Å². The number of amides is 1. The highest BCUT2D eigenvalue weighted by Gasteiger charge is 2.12. The van der Waals surface area contributed by atoms with Crippen molar-refractivity contribution in [1.82, 2.24) is 0 Å². The van der Waals surface area contributed by atoms with Crippen LogP contribution in [0.2, 0.25) is 0 Å². The van der Waals surface area contributed by atoms with Gasteiger partial charge in [-0.2, -0.15) is 5.26 Å². The SMILES string of the molecule is COc1ccc(C)cc1CC(=O)Nc1sccc1C#N. The lowest BCUT2D eigenvalue weighted by molar-refractivity contribution is -0.115. The predicted molar refractivity (Wildman–Crippen MR) is 79.1 cm³/mol. The third kappa shape index (κ3) is 3.16. The number of hydrogen-bond acceptors (Lipinski definition) is 4. The minimum atomic E-state index is -0.159. The Labute approximate surface area is 121 Å². The molecular formula is C15H14N2O2S. The van der Waals surface area contributed by atoms with Gasteiger partial charge in [0.25, 0.3) is 0 Å². The Morgan fingerprint density at radius 3 is 2.95 bits per heavy atom. The van der Waals surface area contributed by atoms with Gasteiger partial charge >= 0.3 is 0 Å². The van der Waals surface area contributed by atoms with Crippen LogP contribution in [0.3, 0.4) is 0 Å². The number of rotatable bonds is 4. The number of thiophene rings is 1. The van der Waals surface area contributed by atoms with E-state index in [1.54, 1.807) is 18.6 Å². The number of methoxy groups -OCH3 is 1. The third-order valence-electron chi connectivity index (χ3n) is 2.83. The maximum atomic E-state index is 12.1. The molecule has 4 nitrogen and oxygen atoms in total. The highest BCUT2D eigenvalue weighted by atomic mass is 32.1. The molecule has 0 bridgehead atoms. The standard InChI is InChI=1S/C15H14N2O2S/c1-10-3-4-13(19-2)12(7-10)8-14(18)17-15-11(9-16)5-6-20-15/h3-7H,8H2,1-2H3,(H,17,18). The van der Waals surface area contributed by atoms with E-state index in [0.717, 1.165) is 11.1 Å². The molecule has 1 N–H and O–H groups in total.